The maximum atomic E-state index is 10.6. The number of ether oxygens (including phenoxy) is 2. The van der Waals surface area contributed by atoms with E-state index in [1.807, 2.05) is 18.2 Å². The van der Waals surface area contributed by atoms with Crippen LogP contribution >= 0.6 is 11.8 Å². The van der Waals surface area contributed by atoms with Gasteiger partial charge in [0.25, 0.3) is 0 Å². The van der Waals surface area contributed by atoms with Gasteiger partial charge >= 0.3 is 0 Å². The number of aliphatic hydroxyl groups excluding tert-OH is 1. The quantitative estimate of drug-likeness (QED) is 0.641. The van der Waals surface area contributed by atoms with Crippen LogP contribution in [0, 0.1) is 5.92 Å². The molecule has 4 heteroatoms. The summed E-state index contributed by atoms with van der Waals surface area (Å²) in [5.74, 6) is 1.41. The molecule has 1 saturated heterocycles. The van der Waals surface area contributed by atoms with Gasteiger partial charge in [-0.3, -0.25) is 0 Å². The van der Waals surface area contributed by atoms with E-state index < -0.39 is 6.10 Å². The SMILES string of the molecule is CCC[C@@H](O)[C@@H]1O[C@@H]2c3cccc(OCc4ccccc4)c3CC[C@@H]2C(C)(C)S1. The summed E-state index contributed by atoms with van der Waals surface area (Å²) in [6, 6.07) is 16.6. The largest absolute Gasteiger partial charge is 0.489 e. The van der Waals surface area contributed by atoms with E-state index in [9.17, 15) is 5.11 Å². The summed E-state index contributed by atoms with van der Waals surface area (Å²) in [5.41, 5.74) is 3.52. The minimum Gasteiger partial charge on any atom is -0.489 e. The Labute approximate surface area is 178 Å². The van der Waals surface area contributed by atoms with Crippen molar-refractivity contribution in [2.45, 2.75) is 75.5 Å². The van der Waals surface area contributed by atoms with Crippen LogP contribution < -0.4 is 4.74 Å². The van der Waals surface area contributed by atoms with E-state index in [0.29, 0.717) is 12.5 Å². The Morgan fingerprint density at radius 2 is 1.97 bits per heavy atom. The van der Waals surface area contributed by atoms with Gasteiger partial charge in [0.2, 0.25) is 0 Å². The molecule has 0 unspecified atom stereocenters. The van der Waals surface area contributed by atoms with Crippen molar-refractivity contribution in [2.24, 2.45) is 5.92 Å². The van der Waals surface area contributed by atoms with Crippen LogP contribution in [0.25, 0.3) is 0 Å². The van der Waals surface area contributed by atoms with Gasteiger partial charge in [-0.15, -0.1) is 11.8 Å². The average molecular weight is 413 g/mol. The summed E-state index contributed by atoms with van der Waals surface area (Å²) in [4.78, 5) is 0. The number of benzene rings is 2. The highest BCUT2D eigenvalue weighted by Gasteiger charge is 2.48. The second kappa shape index (κ2) is 8.71. The van der Waals surface area contributed by atoms with Crippen molar-refractivity contribution in [3.63, 3.8) is 0 Å². The van der Waals surface area contributed by atoms with Crippen LogP contribution in [0.5, 0.6) is 5.75 Å². The van der Waals surface area contributed by atoms with Gasteiger partial charge in [0, 0.05) is 10.7 Å². The second-order valence-electron chi connectivity index (χ2n) is 8.75. The molecule has 0 amide bonds. The fourth-order valence-corrected chi connectivity index (χ4v) is 6.18. The zero-order valence-electron chi connectivity index (χ0n) is 17.6. The number of hydrogen-bond donors (Lipinski definition) is 1. The van der Waals surface area contributed by atoms with Gasteiger partial charge in [-0.1, -0.05) is 69.7 Å². The van der Waals surface area contributed by atoms with E-state index in [1.54, 1.807) is 11.8 Å². The smallest absolute Gasteiger partial charge is 0.130 e. The molecule has 1 fully saturated rings. The predicted octanol–water partition coefficient (Wildman–Crippen LogP) is 5.90. The fraction of sp³-hybridized carbons (Fsp3) is 0.520. The van der Waals surface area contributed by atoms with Crippen molar-refractivity contribution in [1.29, 1.82) is 0 Å². The van der Waals surface area contributed by atoms with Crippen molar-refractivity contribution in [1.82, 2.24) is 0 Å². The molecule has 1 N–H and O–H groups in total. The Hall–Kier alpha value is -1.49. The minimum atomic E-state index is -0.423. The van der Waals surface area contributed by atoms with Gasteiger partial charge in [-0.2, -0.15) is 0 Å². The Bertz CT molecular complexity index is 820. The van der Waals surface area contributed by atoms with E-state index in [-0.39, 0.29) is 16.3 Å². The number of fused-ring (bicyclic) bond motifs is 3. The van der Waals surface area contributed by atoms with Gasteiger partial charge in [-0.05, 0) is 42.0 Å². The van der Waals surface area contributed by atoms with Crippen LogP contribution in [0.3, 0.4) is 0 Å². The summed E-state index contributed by atoms with van der Waals surface area (Å²) in [6.45, 7) is 7.30. The molecule has 1 aliphatic heterocycles. The zero-order chi connectivity index (χ0) is 20.4. The standard InChI is InChI=1S/C25H32O3S/c1-4-9-21(26)24-28-23-19-12-8-13-22(27-16-17-10-6-5-7-11-17)18(19)14-15-20(23)25(2,3)29-24/h5-8,10-13,20-21,23-24,26H,4,9,14-16H2,1-3H3/t20-,21+,23+,24+/m0/s1. The Morgan fingerprint density at radius 3 is 2.72 bits per heavy atom. The molecule has 0 spiro atoms. The third kappa shape index (κ3) is 4.35. The molecule has 2 aromatic carbocycles. The number of hydrogen-bond acceptors (Lipinski definition) is 4. The highest BCUT2D eigenvalue weighted by atomic mass is 32.2. The van der Waals surface area contributed by atoms with Crippen LogP contribution in [0.15, 0.2) is 48.5 Å². The first kappa shape index (κ1) is 20.8. The van der Waals surface area contributed by atoms with Gasteiger partial charge in [0.1, 0.15) is 17.8 Å². The normalized spacial score (nSPS) is 26.3. The van der Waals surface area contributed by atoms with Crippen LogP contribution in [-0.2, 0) is 17.8 Å². The number of rotatable bonds is 6. The molecule has 0 radical (unpaired) electrons. The summed E-state index contributed by atoms with van der Waals surface area (Å²) in [7, 11) is 0. The first-order chi connectivity index (χ1) is 14.0. The third-order valence-corrected chi connectivity index (χ3v) is 7.84. The molecule has 4 rings (SSSR count). The van der Waals surface area contributed by atoms with Crippen molar-refractivity contribution in [2.75, 3.05) is 0 Å². The maximum absolute atomic E-state index is 10.6. The lowest BCUT2D eigenvalue weighted by Crippen LogP contribution is -2.47. The molecule has 2 aliphatic rings. The monoisotopic (exact) mass is 412 g/mol. The van der Waals surface area contributed by atoms with Crippen molar-refractivity contribution in [3.05, 3.63) is 65.2 Å². The topological polar surface area (TPSA) is 38.7 Å². The molecule has 3 nitrogen and oxygen atoms in total. The highest BCUT2D eigenvalue weighted by molar-refractivity contribution is 8.01. The summed E-state index contributed by atoms with van der Waals surface area (Å²) < 4.78 is 12.8. The Morgan fingerprint density at radius 1 is 1.17 bits per heavy atom. The molecule has 29 heavy (non-hydrogen) atoms. The lowest BCUT2D eigenvalue weighted by atomic mass is 9.75. The highest BCUT2D eigenvalue weighted by Crippen LogP contribution is 2.55. The predicted molar refractivity (Wildman–Crippen MR) is 119 cm³/mol. The van der Waals surface area contributed by atoms with E-state index >= 15 is 0 Å². The van der Waals surface area contributed by atoms with Gasteiger partial charge in [-0.25, -0.2) is 0 Å². The van der Waals surface area contributed by atoms with Gasteiger partial charge in [0.05, 0.1) is 12.2 Å². The van der Waals surface area contributed by atoms with Crippen LogP contribution in [0.2, 0.25) is 0 Å². The van der Waals surface area contributed by atoms with E-state index in [1.165, 1.54) is 16.7 Å². The minimum absolute atomic E-state index is 0.0202. The maximum Gasteiger partial charge on any atom is 0.130 e. The van der Waals surface area contributed by atoms with E-state index in [2.05, 4.69) is 51.1 Å². The van der Waals surface area contributed by atoms with E-state index in [0.717, 1.165) is 31.4 Å². The van der Waals surface area contributed by atoms with Crippen LogP contribution in [0.4, 0.5) is 0 Å². The zero-order valence-corrected chi connectivity index (χ0v) is 18.5. The first-order valence-corrected chi connectivity index (χ1v) is 11.7. The molecule has 1 aliphatic carbocycles. The van der Waals surface area contributed by atoms with E-state index in [4.69, 9.17) is 9.47 Å². The molecule has 0 saturated carbocycles. The third-order valence-electron chi connectivity index (χ3n) is 6.28. The molecular weight excluding hydrogens is 380 g/mol. The van der Waals surface area contributed by atoms with Crippen molar-refractivity contribution < 1.29 is 14.6 Å². The summed E-state index contributed by atoms with van der Waals surface area (Å²) in [5, 5.41) is 10.6. The second-order valence-corrected chi connectivity index (χ2v) is 10.5. The number of thioether (sulfide) groups is 1. The summed E-state index contributed by atoms with van der Waals surface area (Å²) in [6.07, 6.45) is 3.43. The molecule has 1 heterocycles. The fourth-order valence-electron chi connectivity index (χ4n) is 4.70. The molecule has 0 aromatic heterocycles. The molecule has 2 aromatic rings. The number of aliphatic hydroxyl groups is 1. The van der Waals surface area contributed by atoms with Gasteiger partial charge < -0.3 is 14.6 Å². The Balaban J connectivity index is 1.59. The molecule has 0 bridgehead atoms. The first-order valence-electron chi connectivity index (χ1n) is 10.8. The lowest BCUT2D eigenvalue weighted by molar-refractivity contribution is -0.0805. The van der Waals surface area contributed by atoms with Crippen LogP contribution in [-0.4, -0.2) is 21.4 Å². The molecule has 4 atom stereocenters. The molecular formula is C25H32O3S. The average Bonchev–Trinajstić information content (AvgIpc) is 2.72. The van der Waals surface area contributed by atoms with Gasteiger partial charge in [0.15, 0.2) is 0 Å². The summed E-state index contributed by atoms with van der Waals surface area (Å²) >= 11 is 1.81. The van der Waals surface area contributed by atoms with Crippen LogP contribution in [0.1, 0.15) is 62.8 Å². The van der Waals surface area contributed by atoms with Crippen molar-refractivity contribution in [3.8, 4) is 5.75 Å². The van der Waals surface area contributed by atoms with Crippen molar-refractivity contribution >= 4 is 11.8 Å². The lowest BCUT2D eigenvalue weighted by Gasteiger charge is -2.50. The molecule has 156 valence electrons. The Kier molecular flexibility index (Phi) is 6.24.